The molecule has 1 nitrogen and oxygen atoms in total. The van der Waals surface area contributed by atoms with E-state index in [4.69, 9.17) is 0 Å². The molecule has 0 amide bonds. The van der Waals surface area contributed by atoms with E-state index >= 15 is 0 Å². The van der Waals surface area contributed by atoms with Gasteiger partial charge in [0.05, 0.1) is 10.8 Å². The zero-order valence-corrected chi connectivity index (χ0v) is 34.6. The van der Waals surface area contributed by atoms with Gasteiger partial charge in [-0.05, 0) is 125 Å². The number of benzene rings is 10. The van der Waals surface area contributed by atoms with Gasteiger partial charge in [0.15, 0.2) is 0 Å². The van der Waals surface area contributed by atoms with Crippen LogP contribution in [0.5, 0.6) is 0 Å². The maximum atomic E-state index is 2.45. The summed E-state index contributed by atoms with van der Waals surface area (Å²) in [5.41, 5.74) is 23.3. The largest absolute Gasteiger partial charge is 0.310 e. The van der Waals surface area contributed by atoms with Crippen molar-refractivity contribution in [1.82, 2.24) is 0 Å². The van der Waals surface area contributed by atoms with Gasteiger partial charge in [0.1, 0.15) is 0 Å². The highest BCUT2D eigenvalue weighted by atomic mass is 15.1. The molecule has 3 aliphatic rings. The van der Waals surface area contributed by atoms with Crippen LogP contribution in [0.25, 0.3) is 44.5 Å². The number of anilines is 3. The van der Waals surface area contributed by atoms with Gasteiger partial charge in [-0.3, -0.25) is 0 Å². The quantitative estimate of drug-likeness (QED) is 0.162. The lowest BCUT2D eigenvalue weighted by molar-refractivity contribution is 0.768. The van der Waals surface area contributed by atoms with Crippen LogP contribution < -0.4 is 4.90 Å². The van der Waals surface area contributed by atoms with Gasteiger partial charge in [0.25, 0.3) is 0 Å². The van der Waals surface area contributed by atoms with Crippen molar-refractivity contribution in [3.8, 4) is 44.5 Å². The van der Waals surface area contributed by atoms with Gasteiger partial charge in [-0.25, -0.2) is 0 Å². The second-order valence-corrected chi connectivity index (χ2v) is 17.1. The van der Waals surface area contributed by atoms with E-state index < -0.39 is 5.41 Å². The minimum atomic E-state index is -0.488. The van der Waals surface area contributed by atoms with Gasteiger partial charge in [-0.1, -0.05) is 212 Å². The molecule has 1 heteroatoms. The predicted molar refractivity (Wildman–Crippen MR) is 260 cm³/mol. The number of rotatable bonds is 6. The Balaban J connectivity index is 0.980. The summed E-state index contributed by atoms with van der Waals surface area (Å²) in [7, 11) is 0. The Morgan fingerprint density at radius 2 is 0.635 bits per heavy atom. The SMILES string of the molecule is c1ccc(N(c2ccc(-c3cccc4c3-c3ccccc3C43c4ccccc4-c4ccccc43)cc2)c2ccc3c(c2)C(c2ccccc2)(c2ccccc2)c2ccccc2-3)cc1. The van der Waals surface area contributed by atoms with Crippen molar-refractivity contribution in [2.45, 2.75) is 10.8 Å². The van der Waals surface area contributed by atoms with Gasteiger partial charge < -0.3 is 4.90 Å². The summed E-state index contributed by atoms with van der Waals surface area (Å²) in [4.78, 5) is 2.42. The van der Waals surface area contributed by atoms with E-state index in [2.05, 4.69) is 254 Å². The lowest BCUT2D eigenvalue weighted by Crippen LogP contribution is -2.28. The molecule has 3 aliphatic carbocycles. The molecule has 0 N–H and O–H groups in total. The second kappa shape index (κ2) is 13.8. The zero-order chi connectivity index (χ0) is 41.5. The highest BCUT2D eigenvalue weighted by Gasteiger charge is 2.52. The maximum Gasteiger partial charge on any atom is 0.0725 e. The number of fused-ring (bicyclic) bond motifs is 13. The molecule has 10 aromatic carbocycles. The maximum absolute atomic E-state index is 2.45. The Hall–Kier alpha value is -8.00. The summed E-state index contributed by atoms with van der Waals surface area (Å²) in [5.74, 6) is 0. The summed E-state index contributed by atoms with van der Waals surface area (Å²) in [5, 5.41) is 0. The molecule has 0 bridgehead atoms. The fourth-order valence-corrected chi connectivity index (χ4v) is 11.8. The third-order valence-electron chi connectivity index (χ3n) is 14.2. The molecule has 0 aromatic heterocycles. The van der Waals surface area contributed by atoms with E-state index in [9.17, 15) is 0 Å². The fraction of sp³-hybridized carbons (Fsp3) is 0.0323. The van der Waals surface area contributed by atoms with Gasteiger partial charge in [0, 0.05) is 17.1 Å². The zero-order valence-electron chi connectivity index (χ0n) is 34.6. The topological polar surface area (TPSA) is 3.24 Å². The average molecular weight is 800 g/mol. The first-order valence-electron chi connectivity index (χ1n) is 22.0. The van der Waals surface area contributed by atoms with Gasteiger partial charge >= 0.3 is 0 Å². The number of para-hydroxylation sites is 1. The summed E-state index contributed by atoms with van der Waals surface area (Å²) in [6.45, 7) is 0. The summed E-state index contributed by atoms with van der Waals surface area (Å²) in [6.07, 6.45) is 0. The summed E-state index contributed by atoms with van der Waals surface area (Å²) >= 11 is 0. The molecule has 0 atom stereocenters. The van der Waals surface area contributed by atoms with Crippen molar-refractivity contribution in [2.24, 2.45) is 0 Å². The third-order valence-corrected chi connectivity index (χ3v) is 14.2. The van der Waals surface area contributed by atoms with Crippen LogP contribution in [0.15, 0.2) is 249 Å². The first-order valence-corrected chi connectivity index (χ1v) is 22.0. The van der Waals surface area contributed by atoms with Crippen LogP contribution in [0.1, 0.15) is 44.5 Å². The van der Waals surface area contributed by atoms with E-state index in [1.807, 2.05) is 0 Å². The smallest absolute Gasteiger partial charge is 0.0725 e. The Morgan fingerprint density at radius 1 is 0.238 bits per heavy atom. The molecule has 0 unspecified atom stereocenters. The molecule has 0 aliphatic heterocycles. The van der Waals surface area contributed by atoms with Crippen LogP contribution in [0.3, 0.4) is 0 Å². The number of hydrogen-bond acceptors (Lipinski definition) is 1. The highest BCUT2D eigenvalue weighted by molar-refractivity contribution is 6.00. The molecule has 0 fully saturated rings. The number of nitrogens with zero attached hydrogens (tertiary/aromatic N) is 1. The Kier molecular flexibility index (Phi) is 7.80. The standard InChI is InChI=1S/C62H41N/c1-4-19-43(20-5-1)61(44-21-6-2-7-22-44)54-30-14-10-27-51(54)52-40-39-47(41-59(52)61)63(45-23-8-3-9-24-45)46-37-35-42(36-38-46)48-29-18-34-58-60(48)53-28-13-17-33-57(53)62(58)55-31-15-11-25-49(55)50-26-12-16-32-56(50)62/h1-41H. The Morgan fingerprint density at radius 3 is 1.21 bits per heavy atom. The molecule has 0 radical (unpaired) electrons. The van der Waals surface area contributed by atoms with Crippen molar-refractivity contribution in [3.63, 3.8) is 0 Å². The molecule has 294 valence electrons. The van der Waals surface area contributed by atoms with Crippen molar-refractivity contribution < 1.29 is 0 Å². The minimum absolute atomic E-state index is 0.374. The predicted octanol–water partition coefficient (Wildman–Crippen LogP) is 15.5. The van der Waals surface area contributed by atoms with Crippen molar-refractivity contribution >= 4 is 17.1 Å². The van der Waals surface area contributed by atoms with Gasteiger partial charge in [0.2, 0.25) is 0 Å². The molecule has 0 heterocycles. The molecule has 0 saturated carbocycles. The normalized spacial score (nSPS) is 14.0. The van der Waals surface area contributed by atoms with E-state index in [1.54, 1.807) is 0 Å². The first-order chi connectivity index (χ1) is 31.3. The monoisotopic (exact) mass is 799 g/mol. The van der Waals surface area contributed by atoms with E-state index in [0.29, 0.717) is 0 Å². The van der Waals surface area contributed by atoms with E-state index in [1.165, 1.54) is 89.0 Å². The molecule has 63 heavy (non-hydrogen) atoms. The fourth-order valence-electron chi connectivity index (χ4n) is 11.8. The van der Waals surface area contributed by atoms with Crippen molar-refractivity contribution in [2.75, 3.05) is 4.90 Å². The van der Waals surface area contributed by atoms with Crippen molar-refractivity contribution in [3.05, 3.63) is 293 Å². The van der Waals surface area contributed by atoms with Crippen LogP contribution in [0.4, 0.5) is 17.1 Å². The lowest BCUT2D eigenvalue weighted by atomic mass is 9.67. The molecule has 1 spiro atoms. The second-order valence-electron chi connectivity index (χ2n) is 17.1. The lowest BCUT2D eigenvalue weighted by Gasteiger charge is -2.35. The third kappa shape index (κ3) is 4.88. The highest BCUT2D eigenvalue weighted by Crippen LogP contribution is 2.64. The number of hydrogen-bond donors (Lipinski definition) is 0. The Labute approximate surface area is 368 Å². The van der Waals surface area contributed by atoms with E-state index in [0.717, 1.165) is 17.1 Å². The molecule has 13 rings (SSSR count). The molecule has 10 aromatic rings. The van der Waals surface area contributed by atoms with Crippen LogP contribution in [-0.2, 0) is 10.8 Å². The van der Waals surface area contributed by atoms with Crippen LogP contribution in [0.2, 0.25) is 0 Å². The van der Waals surface area contributed by atoms with Crippen LogP contribution >= 0.6 is 0 Å². The minimum Gasteiger partial charge on any atom is -0.310 e. The van der Waals surface area contributed by atoms with Crippen molar-refractivity contribution in [1.29, 1.82) is 0 Å². The molecular formula is C62H41N. The van der Waals surface area contributed by atoms with Gasteiger partial charge in [-0.15, -0.1) is 0 Å². The van der Waals surface area contributed by atoms with Crippen LogP contribution in [-0.4, -0.2) is 0 Å². The van der Waals surface area contributed by atoms with Crippen LogP contribution in [0, 0.1) is 0 Å². The molecule has 0 saturated heterocycles. The summed E-state index contributed by atoms with van der Waals surface area (Å²) < 4.78 is 0. The van der Waals surface area contributed by atoms with Gasteiger partial charge in [-0.2, -0.15) is 0 Å². The molecular weight excluding hydrogens is 759 g/mol. The summed E-state index contributed by atoms with van der Waals surface area (Å²) in [6, 6.07) is 92.4. The Bertz CT molecular complexity index is 3300. The van der Waals surface area contributed by atoms with E-state index in [-0.39, 0.29) is 5.41 Å². The first kappa shape index (κ1) is 35.7. The average Bonchev–Trinajstić information content (AvgIpc) is 3.95.